The molecule has 0 amide bonds. The maximum Gasteiger partial charge on any atom is 0.336 e. The van der Waals surface area contributed by atoms with E-state index in [1.165, 1.54) is 11.8 Å². The molecule has 0 aliphatic carbocycles. The van der Waals surface area contributed by atoms with Crippen LogP contribution in [0.5, 0.6) is 0 Å². The van der Waals surface area contributed by atoms with Gasteiger partial charge in [0, 0.05) is 16.1 Å². The van der Waals surface area contributed by atoms with E-state index < -0.39 is 5.97 Å². The minimum absolute atomic E-state index is 0.250. The smallest absolute Gasteiger partial charge is 0.336 e. The van der Waals surface area contributed by atoms with E-state index in [9.17, 15) is 9.90 Å². The molecule has 0 fully saturated rings. The van der Waals surface area contributed by atoms with Gasteiger partial charge >= 0.3 is 5.97 Å². The van der Waals surface area contributed by atoms with Gasteiger partial charge in [0.25, 0.3) is 0 Å². The van der Waals surface area contributed by atoms with Gasteiger partial charge in [0.2, 0.25) is 0 Å². The van der Waals surface area contributed by atoms with Crippen LogP contribution < -0.4 is 0 Å². The van der Waals surface area contributed by atoms with Crippen LogP contribution in [0.2, 0.25) is 0 Å². The maximum atomic E-state index is 11.4. The van der Waals surface area contributed by atoms with Crippen LogP contribution in [0.1, 0.15) is 10.4 Å². The normalized spacial score (nSPS) is 10.7. The van der Waals surface area contributed by atoms with Gasteiger partial charge in [-0.25, -0.2) is 14.8 Å². The quantitative estimate of drug-likeness (QED) is 0.756. The molecule has 0 aliphatic heterocycles. The number of aromatic nitrogens is 2. The molecule has 0 saturated carbocycles. The molecule has 0 atom stereocenters. The molecule has 0 spiro atoms. The van der Waals surface area contributed by atoms with E-state index >= 15 is 0 Å². The molecule has 2 heterocycles. The van der Waals surface area contributed by atoms with Gasteiger partial charge in [0.1, 0.15) is 10.1 Å². The summed E-state index contributed by atoms with van der Waals surface area (Å²) in [5.74, 6) is -0.959. The number of carboxylic acids is 1. The largest absolute Gasteiger partial charge is 0.478 e. The minimum Gasteiger partial charge on any atom is -0.478 e. The van der Waals surface area contributed by atoms with Crippen LogP contribution in [-0.4, -0.2) is 21.0 Å². The highest BCUT2D eigenvalue weighted by Gasteiger charge is 2.12. The van der Waals surface area contributed by atoms with Crippen LogP contribution in [0.4, 0.5) is 0 Å². The molecule has 1 N–H and O–H groups in total. The number of carbonyl (C=O) groups is 1. The molecule has 104 valence electrons. The van der Waals surface area contributed by atoms with Crippen molar-refractivity contribution in [2.45, 2.75) is 10.1 Å². The summed E-state index contributed by atoms with van der Waals surface area (Å²) in [5.41, 5.74) is 0.914. The highest BCUT2D eigenvalue weighted by molar-refractivity contribution is 9.10. The Morgan fingerprint density at radius 1 is 1.14 bits per heavy atom. The molecule has 0 aliphatic rings. The maximum absolute atomic E-state index is 11.4. The van der Waals surface area contributed by atoms with E-state index in [-0.39, 0.29) is 5.56 Å². The lowest BCUT2D eigenvalue weighted by Gasteiger charge is -2.06. The van der Waals surface area contributed by atoms with Crippen molar-refractivity contribution in [3.8, 4) is 0 Å². The third kappa shape index (κ3) is 3.06. The van der Waals surface area contributed by atoms with Crippen LogP contribution >= 0.6 is 27.7 Å². The molecule has 6 heteroatoms. The van der Waals surface area contributed by atoms with E-state index in [0.29, 0.717) is 15.9 Å². The number of nitrogens with zero attached hydrogens (tertiary/aromatic N) is 2. The van der Waals surface area contributed by atoms with Crippen molar-refractivity contribution in [1.29, 1.82) is 0 Å². The molecule has 0 saturated heterocycles. The Labute approximate surface area is 133 Å². The second-order valence-electron chi connectivity index (χ2n) is 4.25. The zero-order chi connectivity index (χ0) is 14.8. The Bertz CT molecular complexity index is 822. The van der Waals surface area contributed by atoms with Gasteiger partial charge in [-0.15, -0.1) is 0 Å². The molecule has 3 aromatic rings. The highest BCUT2D eigenvalue weighted by Crippen LogP contribution is 2.29. The number of halogens is 1. The van der Waals surface area contributed by atoms with Crippen molar-refractivity contribution in [2.75, 3.05) is 0 Å². The van der Waals surface area contributed by atoms with Gasteiger partial charge in [-0.3, -0.25) is 0 Å². The second-order valence-corrected chi connectivity index (χ2v) is 6.20. The summed E-state index contributed by atoms with van der Waals surface area (Å²) in [4.78, 5) is 20.1. The fourth-order valence-corrected chi connectivity index (χ4v) is 2.92. The predicted octanol–water partition coefficient (Wildman–Crippen LogP) is 4.24. The van der Waals surface area contributed by atoms with E-state index in [1.54, 1.807) is 30.5 Å². The third-order valence-electron chi connectivity index (χ3n) is 2.83. The zero-order valence-corrected chi connectivity index (χ0v) is 13.1. The number of hydrogen-bond acceptors (Lipinski definition) is 4. The number of carboxylic acid groups (broad SMARTS) is 1. The molecule has 1 aromatic carbocycles. The van der Waals surface area contributed by atoms with Crippen LogP contribution in [0.25, 0.3) is 10.9 Å². The topological polar surface area (TPSA) is 63.1 Å². The molecule has 3 rings (SSSR count). The Morgan fingerprint density at radius 2 is 1.95 bits per heavy atom. The molecule has 4 nitrogen and oxygen atoms in total. The molecule has 2 aromatic heterocycles. The van der Waals surface area contributed by atoms with E-state index in [4.69, 9.17) is 0 Å². The summed E-state index contributed by atoms with van der Waals surface area (Å²) >= 11 is 4.67. The van der Waals surface area contributed by atoms with Gasteiger partial charge in [-0.2, -0.15) is 0 Å². The lowest BCUT2D eigenvalue weighted by molar-refractivity contribution is 0.0698. The predicted molar refractivity (Wildman–Crippen MR) is 84.8 cm³/mol. The molecular formula is C15H9BrN2O2S. The summed E-state index contributed by atoms with van der Waals surface area (Å²) in [6.07, 6.45) is 1.70. The minimum atomic E-state index is -0.959. The van der Waals surface area contributed by atoms with Crippen molar-refractivity contribution in [1.82, 2.24) is 9.97 Å². The first-order valence-electron chi connectivity index (χ1n) is 6.06. The van der Waals surface area contributed by atoms with E-state index in [1.807, 2.05) is 18.2 Å². The summed E-state index contributed by atoms with van der Waals surface area (Å²) in [7, 11) is 0. The molecule has 0 unspecified atom stereocenters. The van der Waals surface area contributed by atoms with Crippen LogP contribution in [-0.2, 0) is 0 Å². The van der Waals surface area contributed by atoms with Crippen molar-refractivity contribution in [2.24, 2.45) is 0 Å². The molecule has 21 heavy (non-hydrogen) atoms. The standard InChI is InChI=1S/C15H9BrN2O2S/c16-9-5-6-13(17-8-9)21-14-7-11(15(19)20)10-3-1-2-4-12(10)18-14/h1-8H,(H,19,20). The SMILES string of the molecule is O=C(O)c1cc(Sc2ccc(Br)cn2)nc2ccccc12. The Hall–Kier alpha value is -1.92. The Morgan fingerprint density at radius 3 is 2.67 bits per heavy atom. The lowest BCUT2D eigenvalue weighted by atomic mass is 10.1. The van der Waals surface area contributed by atoms with Gasteiger partial charge in [0.05, 0.1) is 11.1 Å². The number of fused-ring (bicyclic) bond motifs is 1. The fourth-order valence-electron chi connectivity index (χ4n) is 1.91. The number of pyridine rings is 2. The first-order valence-corrected chi connectivity index (χ1v) is 7.67. The summed E-state index contributed by atoms with van der Waals surface area (Å²) in [6.45, 7) is 0. The summed E-state index contributed by atoms with van der Waals surface area (Å²) in [6, 6.07) is 12.5. The van der Waals surface area contributed by atoms with E-state index in [0.717, 1.165) is 9.50 Å². The Balaban J connectivity index is 2.06. The highest BCUT2D eigenvalue weighted by atomic mass is 79.9. The fraction of sp³-hybridized carbons (Fsp3) is 0. The summed E-state index contributed by atoms with van der Waals surface area (Å²) < 4.78 is 0.893. The third-order valence-corrected chi connectivity index (χ3v) is 4.17. The Kier molecular flexibility index (Phi) is 3.90. The number of para-hydroxylation sites is 1. The number of rotatable bonds is 3. The number of hydrogen-bond donors (Lipinski definition) is 1. The zero-order valence-electron chi connectivity index (χ0n) is 10.7. The number of aromatic carboxylic acids is 1. The van der Waals surface area contributed by atoms with E-state index in [2.05, 4.69) is 25.9 Å². The monoisotopic (exact) mass is 360 g/mol. The first kappa shape index (κ1) is 14.0. The van der Waals surface area contributed by atoms with Crippen LogP contribution in [0, 0.1) is 0 Å². The molecule has 0 bridgehead atoms. The van der Waals surface area contributed by atoms with Crippen molar-refractivity contribution in [3.05, 3.63) is 58.7 Å². The average Bonchev–Trinajstić information content (AvgIpc) is 2.48. The molecular weight excluding hydrogens is 352 g/mol. The lowest BCUT2D eigenvalue weighted by Crippen LogP contribution is -1.99. The van der Waals surface area contributed by atoms with Gasteiger partial charge < -0.3 is 5.11 Å². The first-order chi connectivity index (χ1) is 10.1. The number of benzene rings is 1. The van der Waals surface area contributed by atoms with Crippen molar-refractivity contribution in [3.63, 3.8) is 0 Å². The van der Waals surface area contributed by atoms with Gasteiger partial charge in [-0.1, -0.05) is 30.0 Å². The van der Waals surface area contributed by atoms with Gasteiger partial charge in [0.15, 0.2) is 0 Å². The average molecular weight is 361 g/mol. The van der Waals surface area contributed by atoms with Gasteiger partial charge in [-0.05, 0) is 40.2 Å². The van der Waals surface area contributed by atoms with Crippen molar-refractivity contribution >= 4 is 44.6 Å². The second kappa shape index (κ2) is 5.83. The van der Waals surface area contributed by atoms with Crippen LogP contribution in [0.15, 0.2) is 63.2 Å². The van der Waals surface area contributed by atoms with Crippen molar-refractivity contribution < 1.29 is 9.90 Å². The summed E-state index contributed by atoms with van der Waals surface area (Å²) in [5, 5.41) is 11.4. The van der Waals surface area contributed by atoms with Crippen LogP contribution in [0.3, 0.4) is 0 Å². The molecule has 0 radical (unpaired) electrons.